The van der Waals surface area contributed by atoms with Gasteiger partial charge in [0.25, 0.3) is 5.69 Å². The fraction of sp³-hybridized carbons (Fsp3) is 0.438. The summed E-state index contributed by atoms with van der Waals surface area (Å²) in [5.74, 6) is 0. The Morgan fingerprint density at radius 3 is 2.92 bits per heavy atom. The van der Waals surface area contributed by atoms with E-state index in [0.29, 0.717) is 11.4 Å². The third-order valence-electron chi connectivity index (χ3n) is 4.46. The molecule has 1 aliphatic rings. The number of anilines is 1. The summed E-state index contributed by atoms with van der Waals surface area (Å²) in [4.78, 5) is 10.4. The van der Waals surface area contributed by atoms with Crippen LogP contribution < -0.4 is 5.32 Å². The van der Waals surface area contributed by atoms with Crippen LogP contribution in [-0.2, 0) is 6.61 Å². The maximum atomic E-state index is 10.9. The van der Waals surface area contributed by atoms with E-state index in [1.807, 2.05) is 6.07 Å². The Morgan fingerprint density at radius 1 is 1.44 bits per heavy atom. The van der Waals surface area contributed by atoms with Crippen molar-refractivity contribution in [1.29, 1.82) is 5.26 Å². The van der Waals surface area contributed by atoms with Gasteiger partial charge in [-0.05, 0) is 18.9 Å². The molecule has 1 heterocycles. The van der Waals surface area contributed by atoms with Crippen LogP contribution in [0.2, 0.25) is 0 Å². The largest absolute Gasteiger partial charge is 0.390 e. The van der Waals surface area contributed by atoms with Crippen LogP contribution in [0.25, 0.3) is 0 Å². The Labute approximate surface area is 144 Å². The molecule has 25 heavy (non-hydrogen) atoms. The van der Waals surface area contributed by atoms with Crippen LogP contribution in [0, 0.1) is 21.4 Å². The van der Waals surface area contributed by atoms with E-state index < -0.39 is 4.92 Å². The summed E-state index contributed by atoms with van der Waals surface area (Å²) >= 11 is 0. The molecule has 2 N–H and O–H groups in total. The van der Waals surface area contributed by atoms with Crippen molar-refractivity contribution < 1.29 is 10.0 Å². The van der Waals surface area contributed by atoms with Gasteiger partial charge in [0.2, 0.25) is 0 Å². The van der Waals surface area contributed by atoms with Crippen LogP contribution in [0.3, 0.4) is 0 Å². The molecule has 9 nitrogen and oxygen atoms in total. The van der Waals surface area contributed by atoms with E-state index in [2.05, 4.69) is 15.6 Å². The van der Waals surface area contributed by atoms with Crippen molar-refractivity contribution in [2.75, 3.05) is 5.32 Å². The third-order valence-corrected chi connectivity index (χ3v) is 4.46. The van der Waals surface area contributed by atoms with Crippen molar-refractivity contribution in [3.63, 3.8) is 0 Å². The summed E-state index contributed by atoms with van der Waals surface area (Å²) in [6, 6.07) is 6.32. The average Bonchev–Trinajstić information content (AvgIpc) is 3.11. The number of benzene rings is 1. The number of aliphatic hydroxyl groups is 1. The predicted octanol–water partition coefficient (Wildman–Crippen LogP) is 2.15. The smallest absolute Gasteiger partial charge is 0.270 e. The molecule has 2 aromatic rings. The van der Waals surface area contributed by atoms with Gasteiger partial charge >= 0.3 is 0 Å². The molecule has 0 bridgehead atoms. The number of hydrogen-bond acceptors (Lipinski definition) is 7. The second-order valence-corrected chi connectivity index (χ2v) is 6.05. The summed E-state index contributed by atoms with van der Waals surface area (Å²) in [7, 11) is 0. The number of nitriles is 1. The Balaban J connectivity index is 1.84. The molecule has 9 heteroatoms. The number of non-ortho nitro benzene ring substituents is 1. The fourth-order valence-electron chi connectivity index (χ4n) is 3.21. The van der Waals surface area contributed by atoms with Gasteiger partial charge in [-0.15, -0.1) is 5.10 Å². The topological polar surface area (TPSA) is 130 Å². The summed E-state index contributed by atoms with van der Waals surface area (Å²) in [5, 5.41) is 40.7. The lowest BCUT2D eigenvalue weighted by Crippen LogP contribution is -2.34. The van der Waals surface area contributed by atoms with E-state index in [0.717, 1.165) is 25.7 Å². The van der Waals surface area contributed by atoms with Crippen molar-refractivity contribution >= 4 is 11.4 Å². The van der Waals surface area contributed by atoms with Crippen molar-refractivity contribution in [3.8, 4) is 6.07 Å². The van der Waals surface area contributed by atoms with Gasteiger partial charge in [0.05, 0.1) is 35.0 Å². The molecule has 1 aliphatic carbocycles. The molecule has 2 atom stereocenters. The lowest BCUT2D eigenvalue weighted by molar-refractivity contribution is -0.384. The normalized spacial score (nSPS) is 20.0. The van der Waals surface area contributed by atoms with E-state index in [9.17, 15) is 15.4 Å². The molecule has 1 aromatic heterocycles. The molecule has 1 saturated carbocycles. The van der Waals surface area contributed by atoms with Crippen LogP contribution in [-0.4, -0.2) is 31.1 Å². The first-order chi connectivity index (χ1) is 12.1. The van der Waals surface area contributed by atoms with Crippen LogP contribution in [0.15, 0.2) is 24.4 Å². The number of hydrogen-bond donors (Lipinski definition) is 2. The van der Waals surface area contributed by atoms with Crippen molar-refractivity contribution in [1.82, 2.24) is 15.0 Å². The standard InChI is InChI=1S/C16H18N6O3/c17-8-11-7-13(22(24)25)5-6-14(11)18-15-3-1-2-4-16(15)21-9-12(10-23)19-20-21/h5-7,9,15-16,18,23H,1-4,10H2/t15-,16+/m0/s1. The van der Waals surface area contributed by atoms with Crippen molar-refractivity contribution in [2.45, 2.75) is 44.4 Å². The van der Waals surface area contributed by atoms with Crippen LogP contribution >= 0.6 is 0 Å². The van der Waals surface area contributed by atoms with Crippen LogP contribution in [0.5, 0.6) is 0 Å². The molecule has 130 valence electrons. The maximum absolute atomic E-state index is 10.9. The quantitative estimate of drug-likeness (QED) is 0.629. The van der Waals surface area contributed by atoms with Crippen molar-refractivity contribution in [3.05, 3.63) is 45.8 Å². The zero-order valence-electron chi connectivity index (χ0n) is 13.5. The average molecular weight is 342 g/mol. The predicted molar refractivity (Wildman–Crippen MR) is 88.7 cm³/mol. The lowest BCUT2D eigenvalue weighted by Gasteiger charge is -2.32. The Bertz CT molecular complexity index is 812. The number of aromatic nitrogens is 3. The molecular weight excluding hydrogens is 324 g/mol. The second kappa shape index (κ2) is 7.27. The highest BCUT2D eigenvalue weighted by Crippen LogP contribution is 2.32. The molecule has 0 amide bonds. The minimum atomic E-state index is -0.514. The summed E-state index contributed by atoms with van der Waals surface area (Å²) in [5.41, 5.74) is 1.23. The highest BCUT2D eigenvalue weighted by molar-refractivity contribution is 5.61. The molecule has 3 rings (SSSR count). The second-order valence-electron chi connectivity index (χ2n) is 6.05. The number of nitrogens with one attached hydrogen (secondary N) is 1. The van der Waals surface area contributed by atoms with E-state index in [1.165, 1.54) is 12.1 Å². The molecular formula is C16H18N6O3. The van der Waals surface area contributed by atoms with E-state index in [-0.39, 0.29) is 29.9 Å². The molecule has 1 fully saturated rings. The van der Waals surface area contributed by atoms with Gasteiger partial charge in [-0.1, -0.05) is 18.1 Å². The number of nitro benzene ring substituents is 1. The Morgan fingerprint density at radius 2 is 2.24 bits per heavy atom. The van der Waals surface area contributed by atoms with E-state index in [1.54, 1.807) is 16.9 Å². The fourth-order valence-corrected chi connectivity index (χ4v) is 3.21. The molecule has 0 aliphatic heterocycles. The molecule has 0 spiro atoms. The number of rotatable bonds is 5. The molecule has 0 radical (unpaired) electrons. The van der Waals surface area contributed by atoms with Gasteiger partial charge < -0.3 is 10.4 Å². The number of aliphatic hydroxyl groups excluding tert-OH is 1. The zero-order valence-corrected chi connectivity index (χ0v) is 13.5. The van der Waals surface area contributed by atoms with Crippen molar-refractivity contribution in [2.24, 2.45) is 0 Å². The van der Waals surface area contributed by atoms with Gasteiger partial charge in [0.1, 0.15) is 11.8 Å². The van der Waals surface area contributed by atoms with Gasteiger partial charge in [-0.2, -0.15) is 5.26 Å². The Kier molecular flexibility index (Phi) is 4.90. The van der Waals surface area contributed by atoms with Gasteiger partial charge in [-0.3, -0.25) is 10.1 Å². The van der Waals surface area contributed by atoms with Gasteiger partial charge in [-0.25, -0.2) is 4.68 Å². The van der Waals surface area contributed by atoms with Gasteiger partial charge in [0.15, 0.2) is 0 Å². The van der Waals surface area contributed by atoms with Crippen LogP contribution in [0.4, 0.5) is 11.4 Å². The highest BCUT2D eigenvalue weighted by atomic mass is 16.6. The van der Waals surface area contributed by atoms with E-state index >= 15 is 0 Å². The first-order valence-electron chi connectivity index (χ1n) is 8.09. The molecule has 1 aromatic carbocycles. The van der Waals surface area contributed by atoms with Gasteiger partial charge in [0, 0.05) is 18.2 Å². The summed E-state index contributed by atoms with van der Waals surface area (Å²) < 4.78 is 1.75. The summed E-state index contributed by atoms with van der Waals surface area (Å²) in [6.45, 7) is -0.161. The summed E-state index contributed by atoms with van der Waals surface area (Å²) in [6.07, 6.45) is 5.63. The Hall–Kier alpha value is -2.99. The van der Waals surface area contributed by atoms with Crippen LogP contribution in [0.1, 0.15) is 43.0 Å². The number of nitrogens with zero attached hydrogens (tertiary/aromatic N) is 5. The SMILES string of the molecule is N#Cc1cc([N+](=O)[O-])ccc1N[C@H]1CCCC[C@H]1n1cc(CO)nn1. The third kappa shape index (κ3) is 3.59. The number of nitro groups is 1. The first kappa shape index (κ1) is 16.9. The zero-order chi connectivity index (χ0) is 17.8. The first-order valence-corrected chi connectivity index (χ1v) is 8.09. The maximum Gasteiger partial charge on any atom is 0.270 e. The lowest BCUT2D eigenvalue weighted by atomic mass is 9.90. The monoisotopic (exact) mass is 342 g/mol. The highest BCUT2D eigenvalue weighted by Gasteiger charge is 2.28. The molecule has 0 unspecified atom stereocenters. The minimum Gasteiger partial charge on any atom is -0.390 e. The minimum absolute atomic E-state index is 0.0237. The van der Waals surface area contributed by atoms with E-state index in [4.69, 9.17) is 5.11 Å². The molecule has 0 saturated heterocycles.